The molecule has 5 nitrogen and oxygen atoms in total. The van der Waals surface area contributed by atoms with Gasteiger partial charge in [-0.3, -0.25) is 9.69 Å². The minimum atomic E-state index is -0.113. The Morgan fingerprint density at radius 2 is 2.00 bits per heavy atom. The predicted molar refractivity (Wildman–Crippen MR) is 126 cm³/mol. The lowest BCUT2D eigenvalue weighted by atomic mass is 10.2. The molecule has 0 saturated carbocycles. The standard InChI is InChI=1S/C22H20ClN3O2S2/c1-3-10-26(12-16-8-9-19(23)29-16)13-20-24-17-11-18(30-21(17)22(27)25-20)14-4-6-15(28-2)7-5-14/h3-9,11H,1,10,12-13H2,2H3,(H,24,25,27). The fourth-order valence-corrected chi connectivity index (χ4v) is 5.32. The molecule has 0 aliphatic carbocycles. The summed E-state index contributed by atoms with van der Waals surface area (Å²) in [6.07, 6.45) is 1.85. The fourth-order valence-electron chi connectivity index (χ4n) is 3.20. The summed E-state index contributed by atoms with van der Waals surface area (Å²) >= 11 is 9.05. The van der Waals surface area contributed by atoms with Crippen LogP contribution in [0.5, 0.6) is 5.75 Å². The number of rotatable bonds is 8. The van der Waals surface area contributed by atoms with Gasteiger partial charge in [-0.05, 0) is 48.0 Å². The Morgan fingerprint density at radius 1 is 1.20 bits per heavy atom. The zero-order chi connectivity index (χ0) is 21.1. The normalized spacial score (nSPS) is 11.3. The van der Waals surface area contributed by atoms with Gasteiger partial charge in [-0.2, -0.15) is 0 Å². The van der Waals surface area contributed by atoms with Crippen LogP contribution in [0.15, 0.2) is 59.9 Å². The number of aromatic nitrogens is 2. The van der Waals surface area contributed by atoms with Crippen molar-refractivity contribution in [1.82, 2.24) is 14.9 Å². The van der Waals surface area contributed by atoms with Crippen LogP contribution in [-0.4, -0.2) is 28.5 Å². The van der Waals surface area contributed by atoms with Gasteiger partial charge in [0, 0.05) is 22.8 Å². The van der Waals surface area contributed by atoms with Crippen molar-refractivity contribution in [2.75, 3.05) is 13.7 Å². The molecule has 0 fully saturated rings. The molecule has 0 saturated heterocycles. The van der Waals surface area contributed by atoms with Crippen LogP contribution in [-0.2, 0) is 13.1 Å². The van der Waals surface area contributed by atoms with E-state index in [1.54, 1.807) is 18.4 Å². The molecule has 0 aliphatic rings. The van der Waals surface area contributed by atoms with E-state index in [1.165, 1.54) is 11.3 Å². The Morgan fingerprint density at radius 3 is 2.67 bits per heavy atom. The fraction of sp³-hybridized carbons (Fsp3) is 0.182. The third-order valence-electron chi connectivity index (χ3n) is 4.58. The summed E-state index contributed by atoms with van der Waals surface area (Å²) in [6.45, 7) is 5.75. The first-order valence-electron chi connectivity index (χ1n) is 9.30. The number of ether oxygens (including phenoxy) is 1. The van der Waals surface area contributed by atoms with E-state index in [1.807, 2.05) is 48.5 Å². The average Bonchev–Trinajstić information content (AvgIpc) is 3.34. The minimum absolute atomic E-state index is 0.113. The number of aromatic amines is 1. The van der Waals surface area contributed by atoms with Crippen molar-refractivity contribution < 1.29 is 4.74 Å². The van der Waals surface area contributed by atoms with Gasteiger partial charge >= 0.3 is 0 Å². The van der Waals surface area contributed by atoms with Crippen LogP contribution in [0.2, 0.25) is 4.34 Å². The maximum absolute atomic E-state index is 12.7. The molecular weight excluding hydrogens is 438 g/mol. The quantitative estimate of drug-likeness (QED) is 0.352. The van der Waals surface area contributed by atoms with E-state index in [9.17, 15) is 4.79 Å². The zero-order valence-corrected chi connectivity index (χ0v) is 18.7. The Kier molecular flexibility index (Phi) is 6.34. The van der Waals surface area contributed by atoms with Crippen LogP contribution in [0.1, 0.15) is 10.7 Å². The van der Waals surface area contributed by atoms with Gasteiger partial charge in [0.05, 0.1) is 23.5 Å². The second kappa shape index (κ2) is 9.14. The van der Waals surface area contributed by atoms with Gasteiger partial charge in [0.1, 0.15) is 16.3 Å². The monoisotopic (exact) mass is 457 g/mol. The van der Waals surface area contributed by atoms with Gasteiger partial charge in [-0.15, -0.1) is 29.3 Å². The zero-order valence-electron chi connectivity index (χ0n) is 16.4. The lowest BCUT2D eigenvalue weighted by Gasteiger charge is -2.19. The van der Waals surface area contributed by atoms with Crippen LogP contribution in [0.3, 0.4) is 0 Å². The Balaban J connectivity index is 1.60. The highest BCUT2D eigenvalue weighted by Crippen LogP contribution is 2.32. The first-order chi connectivity index (χ1) is 14.6. The second-order valence-corrected chi connectivity index (χ2v) is 9.58. The van der Waals surface area contributed by atoms with Crippen molar-refractivity contribution in [2.45, 2.75) is 13.1 Å². The number of H-pyrrole nitrogens is 1. The molecule has 30 heavy (non-hydrogen) atoms. The largest absolute Gasteiger partial charge is 0.497 e. The van der Waals surface area contributed by atoms with Crippen molar-refractivity contribution >= 4 is 44.5 Å². The van der Waals surface area contributed by atoms with Crippen LogP contribution in [0.25, 0.3) is 20.7 Å². The van der Waals surface area contributed by atoms with Gasteiger partial charge in [-0.25, -0.2) is 4.98 Å². The summed E-state index contributed by atoms with van der Waals surface area (Å²) in [5.41, 5.74) is 1.63. The van der Waals surface area contributed by atoms with Gasteiger partial charge < -0.3 is 9.72 Å². The average molecular weight is 458 g/mol. The molecule has 3 heterocycles. The van der Waals surface area contributed by atoms with E-state index in [4.69, 9.17) is 21.3 Å². The molecule has 154 valence electrons. The number of halogens is 1. The molecule has 1 N–H and O–H groups in total. The molecule has 1 aromatic carbocycles. The van der Waals surface area contributed by atoms with E-state index in [0.29, 0.717) is 35.7 Å². The summed E-state index contributed by atoms with van der Waals surface area (Å²) in [7, 11) is 1.64. The predicted octanol–water partition coefficient (Wildman–Crippen LogP) is 5.56. The highest BCUT2D eigenvalue weighted by Gasteiger charge is 2.13. The van der Waals surface area contributed by atoms with Gasteiger partial charge in [0.2, 0.25) is 0 Å². The molecule has 0 spiro atoms. The van der Waals surface area contributed by atoms with E-state index in [0.717, 1.165) is 25.4 Å². The number of thiophene rings is 2. The highest BCUT2D eigenvalue weighted by atomic mass is 35.5. The van der Waals surface area contributed by atoms with E-state index >= 15 is 0 Å². The molecule has 8 heteroatoms. The van der Waals surface area contributed by atoms with E-state index in [-0.39, 0.29) is 5.56 Å². The first kappa shape index (κ1) is 20.8. The van der Waals surface area contributed by atoms with Crippen LogP contribution < -0.4 is 10.3 Å². The van der Waals surface area contributed by atoms with Crippen molar-refractivity contribution in [3.8, 4) is 16.2 Å². The molecule has 0 radical (unpaired) electrons. The molecule has 0 unspecified atom stereocenters. The molecule has 3 aromatic heterocycles. The summed E-state index contributed by atoms with van der Waals surface area (Å²) in [5.74, 6) is 1.43. The summed E-state index contributed by atoms with van der Waals surface area (Å²) < 4.78 is 6.61. The lowest BCUT2D eigenvalue weighted by molar-refractivity contribution is 0.281. The number of nitrogens with zero attached hydrogens (tertiary/aromatic N) is 2. The van der Waals surface area contributed by atoms with Crippen molar-refractivity contribution in [3.63, 3.8) is 0 Å². The molecule has 0 atom stereocenters. The molecule has 0 aliphatic heterocycles. The Hall–Kier alpha value is -2.45. The van der Waals surface area contributed by atoms with E-state index in [2.05, 4.69) is 16.5 Å². The number of methoxy groups -OCH3 is 1. The molecule has 0 amide bonds. The number of fused-ring (bicyclic) bond motifs is 1. The number of hydrogen-bond donors (Lipinski definition) is 1. The topological polar surface area (TPSA) is 58.2 Å². The van der Waals surface area contributed by atoms with Crippen LogP contribution >= 0.6 is 34.3 Å². The number of benzene rings is 1. The second-order valence-electron chi connectivity index (χ2n) is 6.73. The first-order valence-corrected chi connectivity index (χ1v) is 11.3. The summed E-state index contributed by atoms with van der Waals surface area (Å²) in [5, 5.41) is 0. The molecule has 4 aromatic rings. The van der Waals surface area contributed by atoms with Crippen LogP contribution in [0.4, 0.5) is 0 Å². The van der Waals surface area contributed by atoms with Crippen LogP contribution in [0, 0.1) is 0 Å². The Bertz CT molecular complexity index is 1230. The van der Waals surface area contributed by atoms with Gasteiger partial charge in [-0.1, -0.05) is 17.7 Å². The third-order valence-corrected chi connectivity index (χ3v) is 6.96. The third kappa shape index (κ3) is 4.65. The van der Waals surface area contributed by atoms with Crippen molar-refractivity contribution in [3.05, 3.63) is 80.5 Å². The number of nitrogens with one attached hydrogen (secondary N) is 1. The van der Waals surface area contributed by atoms with Crippen molar-refractivity contribution in [1.29, 1.82) is 0 Å². The highest BCUT2D eigenvalue weighted by molar-refractivity contribution is 7.22. The van der Waals surface area contributed by atoms with Crippen molar-refractivity contribution in [2.24, 2.45) is 0 Å². The number of hydrogen-bond acceptors (Lipinski definition) is 6. The van der Waals surface area contributed by atoms with Gasteiger partial charge in [0.25, 0.3) is 5.56 Å². The smallest absolute Gasteiger partial charge is 0.268 e. The SMILES string of the molecule is C=CCN(Cc1nc2cc(-c3ccc(OC)cc3)sc2c(=O)[nH]1)Cc1ccc(Cl)s1. The minimum Gasteiger partial charge on any atom is -0.497 e. The summed E-state index contributed by atoms with van der Waals surface area (Å²) in [6, 6.07) is 13.7. The maximum atomic E-state index is 12.7. The lowest BCUT2D eigenvalue weighted by Crippen LogP contribution is -2.25. The Labute approximate surface area is 187 Å². The maximum Gasteiger partial charge on any atom is 0.268 e. The van der Waals surface area contributed by atoms with E-state index < -0.39 is 0 Å². The summed E-state index contributed by atoms with van der Waals surface area (Å²) in [4.78, 5) is 24.7. The molecule has 0 bridgehead atoms. The van der Waals surface area contributed by atoms with Gasteiger partial charge in [0.15, 0.2) is 0 Å². The molecular formula is C22H20ClN3O2S2. The molecule has 4 rings (SSSR count).